The van der Waals surface area contributed by atoms with E-state index in [1.165, 1.54) is 0 Å². The lowest BCUT2D eigenvalue weighted by Crippen LogP contribution is -2.64. The number of nitrogens with one attached hydrogen (secondary N) is 1. The summed E-state index contributed by atoms with van der Waals surface area (Å²) in [5.74, 6) is 0.0438. The van der Waals surface area contributed by atoms with E-state index in [2.05, 4.69) is 5.32 Å². The molecule has 0 spiro atoms. The molecule has 0 radical (unpaired) electrons. The van der Waals surface area contributed by atoms with Crippen LogP contribution in [-0.2, 0) is 14.3 Å². The number of piperazine rings is 1. The van der Waals surface area contributed by atoms with Crippen molar-refractivity contribution in [1.29, 1.82) is 0 Å². The van der Waals surface area contributed by atoms with Gasteiger partial charge < -0.3 is 15.0 Å². The average molecular weight is 268 g/mol. The van der Waals surface area contributed by atoms with Gasteiger partial charge in [-0.2, -0.15) is 0 Å². The van der Waals surface area contributed by atoms with Crippen LogP contribution in [0.1, 0.15) is 46.0 Å². The zero-order chi connectivity index (χ0) is 13.8. The molecule has 2 fully saturated rings. The van der Waals surface area contributed by atoms with E-state index in [0.717, 1.165) is 32.3 Å². The van der Waals surface area contributed by atoms with Crippen molar-refractivity contribution in [2.24, 2.45) is 0 Å². The molecular formula is C14H24N2O3. The molecule has 2 aliphatic rings. The molecule has 0 bridgehead atoms. The third-order valence-electron chi connectivity index (χ3n) is 3.97. The molecule has 19 heavy (non-hydrogen) atoms. The van der Waals surface area contributed by atoms with Crippen LogP contribution in [0, 0.1) is 0 Å². The molecule has 3 atom stereocenters. The second-order valence-electron chi connectivity index (χ2n) is 5.40. The van der Waals surface area contributed by atoms with Crippen LogP contribution in [0.2, 0.25) is 0 Å². The van der Waals surface area contributed by atoms with Crippen LogP contribution in [0.3, 0.4) is 0 Å². The van der Waals surface area contributed by atoms with Gasteiger partial charge in [0.25, 0.3) is 0 Å². The predicted octanol–water partition coefficient (Wildman–Crippen LogP) is 1.07. The Morgan fingerprint density at radius 2 is 2.16 bits per heavy atom. The van der Waals surface area contributed by atoms with E-state index in [1.807, 2.05) is 13.8 Å². The fraction of sp³-hybridized carbons (Fsp3) is 0.857. The van der Waals surface area contributed by atoms with E-state index in [9.17, 15) is 9.59 Å². The van der Waals surface area contributed by atoms with E-state index >= 15 is 0 Å². The van der Waals surface area contributed by atoms with Crippen LogP contribution < -0.4 is 5.32 Å². The number of ether oxygens (including phenoxy) is 1. The van der Waals surface area contributed by atoms with E-state index in [4.69, 9.17) is 4.74 Å². The van der Waals surface area contributed by atoms with Gasteiger partial charge in [0.15, 0.2) is 0 Å². The molecule has 3 unspecified atom stereocenters. The van der Waals surface area contributed by atoms with Gasteiger partial charge in [0.2, 0.25) is 11.8 Å². The first-order chi connectivity index (χ1) is 9.17. The quantitative estimate of drug-likeness (QED) is 0.811. The number of carbonyl (C=O) groups is 2. The summed E-state index contributed by atoms with van der Waals surface area (Å²) in [4.78, 5) is 26.3. The molecule has 2 heterocycles. The highest BCUT2D eigenvalue weighted by Gasteiger charge is 2.40. The molecule has 1 N–H and O–H groups in total. The Bertz CT molecular complexity index is 340. The highest BCUT2D eigenvalue weighted by molar-refractivity contribution is 5.96. The van der Waals surface area contributed by atoms with Gasteiger partial charge in [-0.05, 0) is 25.7 Å². The lowest BCUT2D eigenvalue weighted by atomic mass is 10.0. The van der Waals surface area contributed by atoms with Crippen molar-refractivity contribution in [1.82, 2.24) is 10.2 Å². The van der Waals surface area contributed by atoms with Gasteiger partial charge in [-0.1, -0.05) is 20.3 Å². The average Bonchev–Trinajstić information content (AvgIpc) is 2.90. The minimum Gasteiger partial charge on any atom is -0.376 e. The molecule has 0 aliphatic carbocycles. The van der Waals surface area contributed by atoms with Gasteiger partial charge in [0.05, 0.1) is 6.10 Å². The molecule has 2 saturated heterocycles. The van der Waals surface area contributed by atoms with Crippen LogP contribution in [-0.4, -0.2) is 48.1 Å². The molecule has 2 aliphatic heterocycles. The summed E-state index contributed by atoms with van der Waals surface area (Å²) < 4.78 is 5.61. The second-order valence-corrected chi connectivity index (χ2v) is 5.40. The molecular weight excluding hydrogens is 244 g/mol. The predicted molar refractivity (Wildman–Crippen MR) is 71.6 cm³/mol. The summed E-state index contributed by atoms with van der Waals surface area (Å²) in [6, 6.07) is -0.675. The SMILES string of the molecule is CCCC1C(=O)NC(CC)C(=O)N1CC1CCCO1. The van der Waals surface area contributed by atoms with E-state index in [-0.39, 0.29) is 30.0 Å². The number of nitrogens with zero attached hydrogens (tertiary/aromatic N) is 1. The van der Waals surface area contributed by atoms with E-state index < -0.39 is 0 Å². The molecule has 0 saturated carbocycles. The highest BCUT2D eigenvalue weighted by Crippen LogP contribution is 2.20. The fourth-order valence-corrected chi connectivity index (χ4v) is 2.89. The summed E-state index contributed by atoms with van der Waals surface area (Å²) in [7, 11) is 0. The number of carbonyl (C=O) groups excluding carboxylic acids is 2. The maximum absolute atomic E-state index is 12.4. The third-order valence-corrected chi connectivity index (χ3v) is 3.97. The number of rotatable bonds is 5. The van der Waals surface area contributed by atoms with E-state index in [0.29, 0.717) is 13.0 Å². The standard InChI is InChI=1S/C14H24N2O3/c1-3-6-12-13(17)15-11(4-2)14(18)16(12)9-10-7-5-8-19-10/h10-12H,3-9H2,1-2H3,(H,15,17). The molecule has 0 aromatic rings. The van der Waals surface area contributed by atoms with Crippen LogP contribution in [0.25, 0.3) is 0 Å². The Hall–Kier alpha value is -1.10. The van der Waals surface area contributed by atoms with Crippen LogP contribution >= 0.6 is 0 Å². The Morgan fingerprint density at radius 3 is 2.74 bits per heavy atom. The number of hydrogen-bond acceptors (Lipinski definition) is 3. The fourth-order valence-electron chi connectivity index (χ4n) is 2.89. The molecule has 108 valence electrons. The maximum Gasteiger partial charge on any atom is 0.245 e. The monoisotopic (exact) mass is 268 g/mol. The van der Waals surface area contributed by atoms with Crippen LogP contribution in [0.5, 0.6) is 0 Å². The molecule has 2 rings (SSSR count). The Kier molecular flexibility index (Phi) is 4.80. The van der Waals surface area contributed by atoms with Crippen molar-refractivity contribution in [3.63, 3.8) is 0 Å². The zero-order valence-corrected chi connectivity index (χ0v) is 11.9. The zero-order valence-electron chi connectivity index (χ0n) is 11.9. The minimum absolute atomic E-state index is 0.00806. The topological polar surface area (TPSA) is 58.6 Å². The smallest absolute Gasteiger partial charge is 0.245 e. The van der Waals surface area contributed by atoms with Crippen LogP contribution in [0.4, 0.5) is 0 Å². The van der Waals surface area contributed by atoms with Gasteiger partial charge in [0.1, 0.15) is 12.1 Å². The summed E-state index contributed by atoms with van der Waals surface area (Å²) in [6.45, 7) is 5.29. The van der Waals surface area contributed by atoms with Gasteiger partial charge in [0, 0.05) is 13.2 Å². The second kappa shape index (κ2) is 6.37. The normalized spacial score (nSPS) is 31.7. The summed E-state index contributed by atoms with van der Waals surface area (Å²) in [5.41, 5.74) is 0. The highest BCUT2D eigenvalue weighted by atomic mass is 16.5. The van der Waals surface area contributed by atoms with Crippen LogP contribution in [0.15, 0.2) is 0 Å². The van der Waals surface area contributed by atoms with Gasteiger partial charge >= 0.3 is 0 Å². The first-order valence-corrected chi connectivity index (χ1v) is 7.39. The Labute approximate surface area is 114 Å². The van der Waals surface area contributed by atoms with Crippen molar-refractivity contribution < 1.29 is 14.3 Å². The lowest BCUT2D eigenvalue weighted by Gasteiger charge is -2.39. The summed E-state index contributed by atoms with van der Waals surface area (Å²) in [6.07, 6.45) is 4.40. The first-order valence-electron chi connectivity index (χ1n) is 7.39. The minimum atomic E-state index is -0.359. The molecule has 0 aromatic carbocycles. The summed E-state index contributed by atoms with van der Waals surface area (Å²) in [5, 5.41) is 2.83. The summed E-state index contributed by atoms with van der Waals surface area (Å²) >= 11 is 0. The molecule has 5 nitrogen and oxygen atoms in total. The van der Waals surface area contributed by atoms with Gasteiger partial charge in [-0.3, -0.25) is 9.59 Å². The Morgan fingerprint density at radius 1 is 1.37 bits per heavy atom. The van der Waals surface area contributed by atoms with Gasteiger partial charge in [-0.25, -0.2) is 0 Å². The van der Waals surface area contributed by atoms with E-state index in [1.54, 1.807) is 4.90 Å². The number of hydrogen-bond donors (Lipinski definition) is 1. The van der Waals surface area contributed by atoms with Gasteiger partial charge in [-0.15, -0.1) is 0 Å². The largest absolute Gasteiger partial charge is 0.376 e. The Balaban J connectivity index is 2.10. The van der Waals surface area contributed by atoms with Crippen molar-refractivity contribution in [3.8, 4) is 0 Å². The van der Waals surface area contributed by atoms with Crippen molar-refractivity contribution >= 4 is 11.8 Å². The molecule has 0 aromatic heterocycles. The third kappa shape index (κ3) is 3.08. The maximum atomic E-state index is 12.4. The van der Waals surface area contributed by atoms with Crippen molar-refractivity contribution in [2.45, 2.75) is 64.1 Å². The lowest BCUT2D eigenvalue weighted by molar-refractivity contribution is -0.151. The number of amides is 2. The first kappa shape index (κ1) is 14.3. The van der Waals surface area contributed by atoms with Crippen molar-refractivity contribution in [2.75, 3.05) is 13.2 Å². The molecule has 2 amide bonds. The van der Waals surface area contributed by atoms with Crippen molar-refractivity contribution in [3.05, 3.63) is 0 Å². The molecule has 5 heteroatoms.